The van der Waals surface area contributed by atoms with Crippen LogP contribution in [-0.4, -0.2) is 23.0 Å². The molecule has 0 radical (unpaired) electrons. The van der Waals surface area contributed by atoms with Gasteiger partial charge in [0.25, 0.3) is 0 Å². The summed E-state index contributed by atoms with van der Waals surface area (Å²) in [6, 6.07) is 13.1. The molecule has 3 unspecified atom stereocenters. The molecule has 0 saturated heterocycles. The average molecular weight is 458 g/mol. The molecule has 176 valence electrons. The zero-order valence-corrected chi connectivity index (χ0v) is 20.0. The summed E-state index contributed by atoms with van der Waals surface area (Å²) in [6.45, 7) is 4.09. The lowest BCUT2D eigenvalue weighted by Gasteiger charge is -2.43. The number of Topliss-reactive ketones (excluding diaryl/α,β-unsaturated/α-hetero) is 1. The second kappa shape index (κ2) is 8.46. The van der Waals surface area contributed by atoms with Crippen molar-refractivity contribution in [3.05, 3.63) is 81.2 Å². The highest BCUT2D eigenvalue weighted by Gasteiger charge is 2.52. The van der Waals surface area contributed by atoms with E-state index in [0.29, 0.717) is 29.1 Å². The number of phenolic OH excluding ortho intramolecular Hbond substituents is 1. The largest absolute Gasteiger partial charge is 0.508 e. The van der Waals surface area contributed by atoms with Gasteiger partial charge in [-0.3, -0.25) is 9.59 Å². The Bertz CT molecular complexity index is 1370. The summed E-state index contributed by atoms with van der Waals surface area (Å²) in [7, 11) is 1.59. The van der Waals surface area contributed by atoms with E-state index in [1.165, 1.54) is 16.7 Å². The van der Waals surface area contributed by atoms with Crippen LogP contribution in [0.25, 0.3) is 10.9 Å². The van der Waals surface area contributed by atoms with Crippen LogP contribution in [0.5, 0.6) is 11.5 Å². The number of aromatic nitrogens is 1. The number of ether oxygens (including phenoxy) is 1. The lowest BCUT2D eigenvalue weighted by atomic mass is 9.60. The Labute approximate surface area is 199 Å². The number of pyridine rings is 1. The minimum absolute atomic E-state index is 0.0977. The molecule has 5 nitrogen and oxygen atoms in total. The summed E-state index contributed by atoms with van der Waals surface area (Å²) in [5.74, 6) is 2.46. The normalized spacial score (nSPS) is 24.9. The zero-order valence-electron chi connectivity index (χ0n) is 20.0. The van der Waals surface area contributed by atoms with Gasteiger partial charge in [0.05, 0.1) is 12.6 Å². The van der Waals surface area contributed by atoms with E-state index in [0.717, 1.165) is 48.6 Å². The summed E-state index contributed by atoms with van der Waals surface area (Å²) >= 11 is 0. The maximum atomic E-state index is 12.2. The van der Waals surface area contributed by atoms with E-state index in [4.69, 9.17) is 4.74 Å². The first kappa shape index (κ1) is 22.5. The molecule has 3 atom stereocenters. The third-order valence-electron chi connectivity index (χ3n) is 8.15. The van der Waals surface area contributed by atoms with Crippen LogP contribution < -0.4 is 10.3 Å². The Morgan fingerprint density at radius 3 is 2.74 bits per heavy atom. The van der Waals surface area contributed by atoms with Gasteiger partial charge in [0.2, 0.25) is 5.56 Å². The van der Waals surface area contributed by atoms with E-state index < -0.39 is 0 Å². The highest BCUT2D eigenvalue weighted by Crippen LogP contribution is 2.57. The number of fused-ring (bicyclic) bond motifs is 6. The van der Waals surface area contributed by atoms with Crippen molar-refractivity contribution in [1.82, 2.24) is 4.98 Å². The molecule has 2 saturated carbocycles. The first-order chi connectivity index (χ1) is 16.3. The van der Waals surface area contributed by atoms with Crippen molar-refractivity contribution in [3.63, 3.8) is 0 Å². The lowest BCUT2D eigenvalue weighted by molar-refractivity contribution is -0.126. The van der Waals surface area contributed by atoms with Gasteiger partial charge in [-0.2, -0.15) is 0 Å². The van der Waals surface area contributed by atoms with Gasteiger partial charge < -0.3 is 14.8 Å². The number of aromatic hydroxyl groups is 1. The summed E-state index contributed by atoms with van der Waals surface area (Å²) in [5, 5.41) is 10.7. The smallest absolute Gasteiger partial charge is 0.248 e. The molecular formula is C29H31NO4. The van der Waals surface area contributed by atoms with Crippen molar-refractivity contribution < 1.29 is 14.6 Å². The molecule has 2 fully saturated rings. The third kappa shape index (κ3) is 3.64. The van der Waals surface area contributed by atoms with Crippen LogP contribution in [-0.2, 0) is 11.2 Å². The molecule has 2 aromatic carbocycles. The van der Waals surface area contributed by atoms with Crippen molar-refractivity contribution >= 4 is 16.7 Å². The Balaban J connectivity index is 0.000000152. The fraction of sp³-hybridized carbons (Fsp3) is 0.379. The van der Waals surface area contributed by atoms with E-state index >= 15 is 0 Å². The highest BCUT2D eigenvalue weighted by atomic mass is 16.5. The van der Waals surface area contributed by atoms with Gasteiger partial charge in [-0.15, -0.1) is 0 Å². The molecule has 5 heteroatoms. The van der Waals surface area contributed by atoms with Crippen molar-refractivity contribution in [2.45, 2.75) is 51.9 Å². The number of nitrogens with one attached hydrogen (secondary N) is 1. The van der Waals surface area contributed by atoms with Gasteiger partial charge >= 0.3 is 0 Å². The number of carbonyl (C=O) groups is 1. The van der Waals surface area contributed by atoms with Crippen molar-refractivity contribution in [2.75, 3.05) is 7.11 Å². The number of hydrogen-bond donors (Lipinski definition) is 2. The zero-order chi connectivity index (χ0) is 24.0. The number of H-pyrrole nitrogens is 1. The predicted octanol–water partition coefficient (Wildman–Crippen LogP) is 5.58. The van der Waals surface area contributed by atoms with Crippen LogP contribution in [0.1, 0.15) is 55.2 Å². The van der Waals surface area contributed by atoms with Crippen LogP contribution >= 0.6 is 0 Å². The highest BCUT2D eigenvalue weighted by molar-refractivity contribution is 5.88. The monoisotopic (exact) mass is 457 g/mol. The second-order valence-electron chi connectivity index (χ2n) is 10.0. The van der Waals surface area contributed by atoms with Crippen LogP contribution in [0.2, 0.25) is 0 Å². The van der Waals surface area contributed by atoms with E-state index in [9.17, 15) is 14.7 Å². The fourth-order valence-corrected chi connectivity index (χ4v) is 6.32. The molecule has 3 aromatic rings. The Kier molecular flexibility index (Phi) is 5.59. The molecule has 0 spiro atoms. The first-order valence-electron chi connectivity index (χ1n) is 12.0. The number of aromatic amines is 1. The quantitative estimate of drug-likeness (QED) is 0.468. The Morgan fingerprint density at radius 1 is 1.12 bits per heavy atom. The van der Waals surface area contributed by atoms with E-state index in [1.54, 1.807) is 19.2 Å². The number of aryl methyl sites for hydroxylation is 1. The van der Waals surface area contributed by atoms with Crippen LogP contribution in [0.4, 0.5) is 0 Å². The summed E-state index contributed by atoms with van der Waals surface area (Å²) < 4.78 is 5.17. The lowest BCUT2D eigenvalue weighted by Crippen LogP contribution is -2.37. The minimum atomic E-state index is -0.100. The fourth-order valence-electron chi connectivity index (χ4n) is 6.32. The third-order valence-corrected chi connectivity index (χ3v) is 8.15. The maximum absolute atomic E-state index is 12.2. The van der Waals surface area contributed by atoms with Gasteiger partial charge in [-0.25, -0.2) is 0 Å². The number of rotatable bonds is 1. The summed E-state index contributed by atoms with van der Waals surface area (Å²) in [6.07, 6.45) is 7.11. The number of allylic oxidation sites excluding steroid dienone is 2. The molecule has 0 bridgehead atoms. The number of benzene rings is 2. The van der Waals surface area contributed by atoms with Gasteiger partial charge in [-0.05, 0) is 73.4 Å². The van der Waals surface area contributed by atoms with Gasteiger partial charge in [0.1, 0.15) is 17.3 Å². The molecule has 3 aliphatic carbocycles. The van der Waals surface area contributed by atoms with Crippen LogP contribution in [0.3, 0.4) is 0 Å². The first-order valence-corrected chi connectivity index (χ1v) is 12.0. The SMILES string of the molecule is CC12CCC3C(=CCc4cc(O)ccc43)C1CCC2=O.COc1cccc2c(C)cc(=O)[nH]c12. The second-order valence-corrected chi connectivity index (χ2v) is 10.0. The average Bonchev–Trinajstić information content (AvgIpc) is 3.13. The number of phenols is 1. The van der Waals surface area contributed by atoms with Gasteiger partial charge in [0, 0.05) is 29.2 Å². The van der Waals surface area contributed by atoms with Gasteiger partial charge in [0.15, 0.2) is 0 Å². The Morgan fingerprint density at radius 2 is 1.94 bits per heavy atom. The van der Waals surface area contributed by atoms with Crippen LogP contribution in [0, 0.1) is 18.3 Å². The summed E-state index contributed by atoms with van der Waals surface area (Å²) in [4.78, 5) is 26.3. The van der Waals surface area contributed by atoms with Crippen molar-refractivity contribution in [2.24, 2.45) is 11.3 Å². The van der Waals surface area contributed by atoms with E-state index in [1.807, 2.05) is 31.2 Å². The molecule has 1 heterocycles. The minimum Gasteiger partial charge on any atom is -0.508 e. The topological polar surface area (TPSA) is 79.4 Å². The van der Waals surface area contributed by atoms with Crippen LogP contribution in [0.15, 0.2) is 58.9 Å². The number of methoxy groups -OCH3 is 1. The molecule has 3 aliphatic rings. The molecule has 6 rings (SSSR count). The van der Waals surface area contributed by atoms with E-state index in [-0.39, 0.29) is 11.0 Å². The molecule has 0 aliphatic heterocycles. The molecule has 0 amide bonds. The summed E-state index contributed by atoms with van der Waals surface area (Å²) in [5.41, 5.74) is 5.66. The van der Waals surface area contributed by atoms with Gasteiger partial charge in [-0.1, -0.05) is 36.8 Å². The number of hydrogen-bond acceptors (Lipinski definition) is 4. The van der Waals surface area contributed by atoms with Crippen molar-refractivity contribution in [3.8, 4) is 11.5 Å². The number of carbonyl (C=O) groups excluding carboxylic acids is 1. The number of para-hydroxylation sites is 1. The van der Waals surface area contributed by atoms with Crippen molar-refractivity contribution in [1.29, 1.82) is 0 Å². The molecule has 1 aromatic heterocycles. The molecule has 2 N–H and O–H groups in total. The van der Waals surface area contributed by atoms with E-state index in [2.05, 4.69) is 24.1 Å². The predicted molar refractivity (Wildman–Crippen MR) is 134 cm³/mol. The maximum Gasteiger partial charge on any atom is 0.248 e. The molecular weight excluding hydrogens is 426 g/mol. The standard InChI is InChI=1S/C18H20O2.C11H11NO2/c1-18-9-8-14-13-5-3-12(19)10-11(13)2-4-15(14)16(18)6-7-17(18)20;1-7-6-10(13)12-11-8(7)4-3-5-9(11)14-2/h3-5,10,14,16,19H,2,6-9H2,1H3;3-6H,1-2H3,(H,12,13). The number of ketones is 1. The Hall–Kier alpha value is -3.34. The molecule has 34 heavy (non-hydrogen) atoms.